The first kappa shape index (κ1) is 12.9. The highest BCUT2D eigenvalue weighted by Crippen LogP contribution is 2.14. The van der Waals surface area contributed by atoms with E-state index in [1.807, 2.05) is 13.8 Å². The lowest BCUT2D eigenvalue weighted by molar-refractivity contribution is -0.123. The third kappa shape index (κ3) is 3.74. The lowest BCUT2D eigenvalue weighted by Gasteiger charge is -2.10. The van der Waals surface area contributed by atoms with E-state index in [2.05, 4.69) is 5.32 Å². The van der Waals surface area contributed by atoms with E-state index in [1.165, 1.54) is 0 Å². The van der Waals surface area contributed by atoms with Crippen molar-refractivity contribution in [2.24, 2.45) is 17.4 Å². The Labute approximate surface area is 84.2 Å². The Morgan fingerprint density at radius 3 is 2.57 bits per heavy atom. The van der Waals surface area contributed by atoms with E-state index in [0.717, 1.165) is 6.42 Å². The fraction of sp³-hybridized carbons (Fsp3) is 0.778. The summed E-state index contributed by atoms with van der Waals surface area (Å²) in [5.41, 5.74) is 10.4. The predicted octanol–water partition coefficient (Wildman–Crippen LogP) is -0.649. The first-order valence-corrected chi connectivity index (χ1v) is 4.94. The Hall–Kier alpha value is -1.10. The van der Waals surface area contributed by atoms with Crippen LogP contribution in [0.5, 0.6) is 0 Å². The first-order valence-electron chi connectivity index (χ1n) is 4.94. The third-order valence-corrected chi connectivity index (χ3v) is 2.07. The van der Waals surface area contributed by atoms with E-state index in [4.69, 9.17) is 11.5 Å². The van der Waals surface area contributed by atoms with Crippen molar-refractivity contribution in [3.05, 3.63) is 0 Å². The van der Waals surface area contributed by atoms with Gasteiger partial charge in [-0.3, -0.25) is 9.59 Å². The molecule has 2 unspecified atom stereocenters. The van der Waals surface area contributed by atoms with Gasteiger partial charge in [-0.2, -0.15) is 0 Å². The van der Waals surface area contributed by atoms with E-state index in [0.29, 0.717) is 13.0 Å². The van der Waals surface area contributed by atoms with Crippen LogP contribution in [0.1, 0.15) is 26.7 Å². The van der Waals surface area contributed by atoms with Gasteiger partial charge >= 0.3 is 0 Å². The minimum absolute atomic E-state index is 0.0216. The van der Waals surface area contributed by atoms with Crippen molar-refractivity contribution < 1.29 is 9.59 Å². The van der Waals surface area contributed by atoms with E-state index < -0.39 is 11.9 Å². The summed E-state index contributed by atoms with van der Waals surface area (Å²) in [5.74, 6) is -0.700. The maximum absolute atomic E-state index is 11.0. The van der Waals surface area contributed by atoms with Crippen LogP contribution < -0.4 is 16.8 Å². The van der Waals surface area contributed by atoms with Crippen LogP contribution in [0.15, 0.2) is 0 Å². The summed E-state index contributed by atoms with van der Waals surface area (Å²) in [6, 6.07) is -0.696. The summed E-state index contributed by atoms with van der Waals surface area (Å²) in [5, 5.41) is 2.67. The molecule has 0 aromatic heterocycles. The molecule has 2 amide bonds. The molecule has 0 aromatic rings. The maximum atomic E-state index is 11.0. The minimum atomic E-state index is -0.696. The van der Waals surface area contributed by atoms with Gasteiger partial charge in [-0.25, -0.2) is 0 Å². The molecule has 0 spiro atoms. The number of carbonyl (C=O) groups excluding carboxylic acids is 2. The van der Waals surface area contributed by atoms with Gasteiger partial charge in [0.05, 0.1) is 6.04 Å². The van der Waals surface area contributed by atoms with Crippen molar-refractivity contribution in [3.63, 3.8) is 0 Å². The fourth-order valence-corrected chi connectivity index (χ4v) is 1.29. The highest BCUT2D eigenvalue weighted by molar-refractivity contribution is 5.83. The highest BCUT2D eigenvalue weighted by Gasteiger charge is 2.27. The first-order chi connectivity index (χ1) is 6.61. The molecule has 82 valence electrons. The second kappa shape index (κ2) is 6.37. The molecule has 1 fully saturated rings. The van der Waals surface area contributed by atoms with Gasteiger partial charge in [0.15, 0.2) is 0 Å². The number of hydrogen-bond donors (Lipinski definition) is 3. The Morgan fingerprint density at radius 2 is 2.21 bits per heavy atom. The molecule has 0 bridgehead atoms. The second-order valence-corrected chi connectivity index (χ2v) is 3.02. The van der Waals surface area contributed by atoms with Crippen molar-refractivity contribution in [3.8, 4) is 0 Å². The van der Waals surface area contributed by atoms with Crippen LogP contribution in [0.25, 0.3) is 0 Å². The molecule has 1 heterocycles. The van der Waals surface area contributed by atoms with Gasteiger partial charge in [-0.15, -0.1) is 0 Å². The van der Waals surface area contributed by atoms with E-state index >= 15 is 0 Å². The summed E-state index contributed by atoms with van der Waals surface area (Å²) in [6.45, 7) is 4.68. The Bertz CT molecular complexity index is 206. The predicted molar refractivity (Wildman–Crippen MR) is 54.3 cm³/mol. The van der Waals surface area contributed by atoms with E-state index in [1.54, 1.807) is 0 Å². The standard InChI is InChI=1S/C7H13N3O2.C2H6/c8-5(6(9)11)3-4-1-2-10-7(4)12;1-2/h4-5H,1-3,8H2,(H2,9,11)(H,10,12);1-2H3. The lowest BCUT2D eigenvalue weighted by Crippen LogP contribution is -2.39. The quantitative estimate of drug-likeness (QED) is 0.566. The molecule has 14 heavy (non-hydrogen) atoms. The molecule has 0 aromatic carbocycles. The summed E-state index contributed by atoms with van der Waals surface area (Å²) in [7, 11) is 0. The zero-order valence-corrected chi connectivity index (χ0v) is 8.75. The fourth-order valence-electron chi connectivity index (χ4n) is 1.29. The molecule has 1 rings (SSSR count). The topological polar surface area (TPSA) is 98.2 Å². The number of nitrogens with one attached hydrogen (secondary N) is 1. The molecule has 5 N–H and O–H groups in total. The van der Waals surface area contributed by atoms with Gasteiger partial charge in [0.1, 0.15) is 0 Å². The molecule has 1 aliphatic rings. The number of rotatable bonds is 3. The van der Waals surface area contributed by atoms with Gasteiger partial charge < -0.3 is 16.8 Å². The average Bonchev–Trinajstić information content (AvgIpc) is 2.55. The number of hydrogen-bond acceptors (Lipinski definition) is 3. The van der Waals surface area contributed by atoms with Crippen molar-refractivity contribution in [1.82, 2.24) is 5.32 Å². The molecule has 2 atom stereocenters. The third-order valence-electron chi connectivity index (χ3n) is 2.07. The van der Waals surface area contributed by atoms with Gasteiger partial charge in [-0.1, -0.05) is 13.8 Å². The molecule has 5 heteroatoms. The summed E-state index contributed by atoms with van der Waals surface area (Å²) < 4.78 is 0. The van der Waals surface area contributed by atoms with Crippen LogP contribution in [0, 0.1) is 5.92 Å². The molecule has 5 nitrogen and oxygen atoms in total. The van der Waals surface area contributed by atoms with Crippen LogP contribution >= 0.6 is 0 Å². The van der Waals surface area contributed by atoms with Crippen LogP contribution in [-0.2, 0) is 9.59 Å². The average molecular weight is 201 g/mol. The Balaban J connectivity index is 0.000000791. The van der Waals surface area contributed by atoms with Crippen molar-refractivity contribution in [2.75, 3.05) is 6.54 Å². The van der Waals surface area contributed by atoms with E-state index in [9.17, 15) is 9.59 Å². The minimum Gasteiger partial charge on any atom is -0.368 e. The summed E-state index contributed by atoms with van der Waals surface area (Å²) >= 11 is 0. The zero-order chi connectivity index (χ0) is 11.1. The molecular formula is C9H19N3O2. The molecular weight excluding hydrogens is 182 g/mol. The normalized spacial score (nSPS) is 21.9. The molecule has 1 saturated heterocycles. The highest BCUT2D eigenvalue weighted by atomic mass is 16.2. The monoisotopic (exact) mass is 201 g/mol. The molecule has 0 radical (unpaired) electrons. The molecule has 0 aliphatic carbocycles. The largest absolute Gasteiger partial charge is 0.368 e. The number of carbonyl (C=O) groups is 2. The van der Waals surface area contributed by atoms with Crippen LogP contribution in [0.4, 0.5) is 0 Å². The lowest BCUT2D eigenvalue weighted by atomic mass is 9.99. The zero-order valence-electron chi connectivity index (χ0n) is 8.75. The smallest absolute Gasteiger partial charge is 0.234 e. The number of nitrogens with two attached hydrogens (primary N) is 2. The van der Waals surface area contributed by atoms with Gasteiger partial charge in [0.2, 0.25) is 11.8 Å². The van der Waals surface area contributed by atoms with Gasteiger partial charge in [0, 0.05) is 12.5 Å². The maximum Gasteiger partial charge on any atom is 0.234 e. The Morgan fingerprint density at radius 1 is 1.64 bits per heavy atom. The second-order valence-electron chi connectivity index (χ2n) is 3.02. The van der Waals surface area contributed by atoms with Crippen LogP contribution in [0.3, 0.4) is 0 Å². The summed E-state index contributed by atoms with van der Waals surface area (Å²) in [6.07, 6.45) is 1.11. The van der Waals surface area contributed by atoms with E-state index in [-0.39, 0.29) is 11.8 Å². The SMILES string of the molecule is CC.NC(=O)C(N)CC1CCNC1=O. The van der Waals surface area contributed by atoms with Crippen molar-refractivity contribution in [2.45, 2.75) is 32.7 Å². The van der Waals surface area contributed by atoms with Gasteiger partial charge in [0.25, 0.3) is 0 Å². The summed E-state index contributed by atoms with van der Waals surface area (Å²) in [4.78, 5) is 21.6. The van der Waals surface area contributed by atoms with Crippen molar-refractivity contribution >= 4 is 11.8 Å². The van der Waals surface area contributed by atoms with Crippen LogP contribution in [0.2, 0.25) is 0 Å². The van der Waals surface area contributed by atoms with Gasteiger partial charge in [-0.05, 0) is 12.8 Å². The van der Waals surface area contributed by atoms with Crippen LogP contribution in [-0.4, -0.2) is 24.4 Å². The Kier molecular flexibility index (Phi) is 5.87. The van der Waals surface area contributed by atoms with Crippen molar-refractivity contribution in [1.29, 1.82) is 0 Å². The molecule has 1 aliphatic heterocycles. The number of primary amides is 1. The number of amides is 2. The molecule has 0 saturated carbocycles.